The van der Waals surface area contributed by atoms with Crippen LogP contribution in [0.25, 0.3) is 10.9 Å². The molecule has 0 bridgehead atoms. The monoisotopic (exact) mass is 409 g/mol. The third-order valence-corrected chi connectivity index (χ3v) is 6.04. The quantitative estimate of drug-likeness (QED) is 0.528. The van der Waals surface area contributed by atoms with Gasteiger partial charge in [0.05, 0.1) is 7.11 Å². The molecule has 7 heteroatoms. The number of hydrogen-bond acceptors (Lipinski definition) is 3. The van der Waals surface area contributed by atoms with Gasteiger partial charge in [0, 0.05) is 35.4 Å². The van der Waals surface area contributed by atoms with E-state index in [0.29, 0.717) is 6.42 Å². The zero-order valence-electron chi connectivity index (χ0n) is 15.9. The zero-order chi connectivity index (χ0) is 20.1. The van der Waals surface area contributed by atoms with E-state index in [1.165, 1.54) is 4.90 Å². The number of methoxy groups -OCH3 is 1. The fourth-order valence-corrected chi connectivity index (χ4v) is 4.72. The molecule has 1 saturated heterocycles. The molecule has 0 radical (unpaired) electrons. The second-order valence-corrected chi connectivity index (χ2v) is 7.71. The van der Waals surface area contributed by atoms with Crippen LogP contribution in [0.3, 0.4) is 0 Å². The van der Waals surface area contributed by atoms with Crippen molar-refractivity contribution in [3.8, 4) is 5.75 Å². The van der Waals surface area contributed by atoms with Gasteiger partial charge in [0.2, 0.25) is 0 Å². The Morgan fingerprint density at radius 3 is 2.62 bits per heavy atom. The number of fused-ring (bicyclic) bond motifs is 4. The van der Waals surface area contributed by atoms with Crippen LogP contribution < -0.4 is 4.74 Å². The molecule has 6 nitrogen and oxygen atoms in total. The first kappa shape index (κ1) is 18.1. The van der Waals surface area contributed by atoms with Crippen LogP contribution in [0.15, 0.2) is 48.5 Å². The molecule has 29 heavy (non-hydrogen) atoms. The molecular weight excluding hydrogens is 390 g/mol. The van der Waals surface area contributed by atoms with Gasteiger partial charge < -0.3 is 9.72 Å². The van der Waals surface area contributed by atoms with Crippen molar-refractivity contribution < 1.29 is 14.3 Å². The normalized spacial score (nSPS) is 20.9. The first-order valence-corrected chi connectivity index (χ1v) is 10.1. The van der Waals surface area contributed by atoms with E-state index >= 15 is 0 Å². The van der Waals surface area contributed by atoms with E-state index in [-0.39, 0.29) is 30.4 Å². The number of nitrogens with zero attached hydrogens (tertiary/aromatic N) is 2. The second-order valence-electron chi connectivity index (χ2n) is 7.33. The first-order valence-electron chi connectivity index (χ1n) is 9.57. The Hall–Kier alpha value is -2.99. The molecule has 148 valence electrons. The number of aromatic nitrogens is 1. The fourth-order valence-electron chi connectivity index (χ4n) is 4.55. The van der Waals surface area contributed by atoms with Crippen LogP contribution in [0.2, 0.25) is 0 Å². The summed E-state index contributed by atoms with van der Waals surface area (Å²) in [4.78, 5) is 32.8. The number of carbonyl (C=O) groups is 2. The summed E-state index contributed by atoms with van der Waals surface area (Å²) in [5.41, 5.74) is 3.99. The number of halogens is 1. The molecule has 2 atom stereocenters. The van der Waals surface area contributed by atoms with Gasteiger partial charge in [0.25, 0.3) is 5.91 Å². The summed E-state index contributed by atoms with van der Waals surface area (Å²) < 4.78 is 5.28. The molecule has 2 aliphatic heterocycles. The predicted molar refractivity (Wildman–Crippen MR) is 110 cm³/mol. The van der Waals surface area contributed by atoms with E-state index in [4.69, 9.17) is 16.3 Å². The minimum absolute atomic E-state index is 0.176. The number of urea groups is 1. The van der Waals surface area contributed by atoms with E-state index in [0.717, 1.165) is 33.5 Å². The van der Waals surface area contributed by atoms with Gasteiger partial charge in [-0.2, -0.15) is 0 Å². The Morgan fingerprint density at radius 1 is 1.14 bits per heavy atom. The third-order valence-electron chi connectivity index (χ3n) is 5.87. The molecule has 3 heterocycles. The number of imide groups is 1. The SMILES string of the molecule is COc1ccc([C@H]2c3[nH]c4ccccc4c3C[C@@H]3C(=O)N(CCCl)C(=O)N23)cc1. The molecular formula is C22H20ClN3O3. The number of ether oxygens (including phenoxy) is 1. The van der Waals surface area contributed by atoms with Gasteiger partial charge in [-0.25, -0.2) is 4.79 Å². The summed E-state index contributed by atoms with van der Waals surface area (Å²) in [5, 5.41) is 1.09. The highest BCUT2D eigenvalue weighted by Crippen LogP contribution is 2.44. The number of nitrogens with one attached hydrogen (secondary N) is 1. The number of amides is 3. The molecule has 0 spiro atoms. The van der Waals surface area contributed by atoms with Crippen LogP contribution in [-0.4, -0.2) is 52.3 Å². The Morgan fingerprint density at radius 2 is 1.90 bits per heavy atom. The standard InChI is InChI=1S/C22H20ClN3O3/c1-29-14-8-6-13(7-9-14)20-19-16(15-4-2-3-5-17(15)24-19)12-18-21(27)25(11-10-23)22(28)26(18)20/h2-9,18,20,24H,10-12H2,1H3/t18-,20+/m1/s1. The van der Waals surface area contributed by atoms with Crippen LogP contribution in [0.1, 0.15) is 22.9 Å². The molecule has 3 aromatic rings. The fraction of sp³-hybridized carbons (Fsp3) is 0.273. The van der Waals surface area contributed by atoms with Crippen molar-refractivity contribution in [3.05, 3.63) is 65.4 Å². The van der Waals surface area contributed by atoms with E-state index in [2.05, 4.69) is 11.1 Å². The largest absolute Gasteiger partial charge is 0.497 e. The lowest BCUT2D eigenvalue weighted by atomic mass is 9.89. The minimum atomic E-state index is -0.524. The van der Waals surface area contributed by atoms with Crippen LogP contribution in [0, 0.1) is 0 Å². The predicted octanol–water partition coefficient (Wildman–Crippen LogP) is 3.69. The summed E-state index contributed by atoms with van der Waals surface area (Å²) in [6.07, 6.45) is 0.495. The number of para-hydroxylation sites is 1. The smallest absolute Gasteiger partial charge is 0.328 e. The van der Waals surface area contributed by atoms with Gasteiger partial charge in [-0.3, -0.25) is 14.6 Å². The van der Waals surface area contributed by atoms with Crippen LogP contribution in [0.4, 0.5) is 4.79 Å². The molecule has 2 aliphatic rings. The number of carbonyl (C=O) groups excluding carboxylic acids is 2. The summed E-state index contributed by atoms with van der Waals surface area (Å²) >= 11 is 5.86. The maximum Gasteiger partial charge on any atom is 0.328 e. The highest BCUT2D eigenvalue weighted by atomic mass is 35.5. The highest BCUT2D eigenvalue weighted by molar-refractivity contribution is 6.18. The van der Waals surface area contributed by atoms with Crippen LogP contribution in [0.5, 0.6) is 5.75 Å². The Kier molecular flexibility index (Phi) is 4.24. The zero-order valence-corrected chi connectivity index (χ0v) is 16.6. The maximum atomic E-state index is 13.2. The van der Waals surface area contributed by atoms with Gasteiger partial charge in [0.1, 0.15) is 17.8 Å². The van der Waals surface area contributed by atoms with E-state index in [9.17, 15) is 9.59 Å². The van der Waals surface area contributed by atoms with E-state index < -0.39 is 6.04 Å². The molecule has 2 aromatic carbocycles. The van der Waals surface area contributed by atoms with E-state index in [1.54, 1.807) is 12.0 Å². The van der Waals surface area contributed by atoms with Crippen molar-refractivity contribution in [1.82, 2.24) is 14.8 Å². The number of rotatable bonds is 4. The second kappa shape index (κ2) is 6.81. The molecule has 5 rings (SSSR count). The average molecular weight is 410 g/mol. The number of hydrogen-bond donors (Lipinski definition) is 1. The molecule has 0 aliphatic carbocycles. The lowest BCUT2D eigenvalue weighted by molar-refractivity contribution is -0.128. The van der Waals surface area contributed by atoms with Gasteiger partial charge in [-0.1, -0.05) is 30.3 Å². The average Bonchev–Trinajstić information content (AvgIpc) is 3.23. The lowest BCUT2D eigenvalue weighted by Crippen LogP contribution is -2.44. The Bertz CT molecular complexity index is 1110. The summed E-state index contributed by atoms with van der Waals surface area (Å²) in [7, 11) is 1.62. The molecule has 0 saturated carbocycles. The van der Waals surface area contributed by atoms with Gasteiger partial charge >= 0.3 is 6.03 Å². The molecule has 1 N–H and O–H groups in total. The van der Waals surface area contributed by atoms with Crippen molar-refractivity contribution in [2.24, 2.45) is 0 Å². The topological polar surface area (TPSA) is 65.6 Å². The lowest BCUT2D eigenvalue weighted by Gasteiger charge is -2.36. The van der Waals surface area contributed by atoms with Crippen LogP contribution >= 0.6 is 11.6 Å². The number of H-pyrrole nitrogens is 1. The minimum Gasteiger partial charge on any atom is -0.497 e. The Balaban J connectivity index is 1.70. The van der Waals surface area contributed by atoms with Crippen molar-refractivity contribution in [3.63, 3.8) is 0 Å². The third kappa shape index (κ3) is 2.63. The van der Waals surface area contributed by atoms with Crippen molar-refractivity contribution >= 4 is 34.4 Å². The number of aromatic amines is 1. The van der Waals surface area contributed by atoms with Gasteiger partial charge in [0.15, 0.2) is 0 Å². The van der Waals surface area contributed by atoms with Crippen molar-refractivity contribution in [2.75, 3.05) is 19.5 Å². The summed E-state index contributed by atoms with van der Waals surface area (Å²) in [5.74, 6) is 0.787. The summed E-state index contributed by atoms with van der Waals surface area (Å²) in [6.45, 7) is 0.218. The van der Waals surface area contributed by atoms with Gasteiger partial charge in [-0.05, 0) is 29.3 Å². The molecule has 3 amide bonds. The van der Waals surface area contributed by atoms with E-state index in [1.807, 2.05) is 42.5 Å². The number of alkyl halides is 1. The molecule has 1 aromatic heterocycles. The van der Waals surface area contributed by atoms with Crippen LogP contribution in [-0.2, 0) is 11.2 Å². The maximum absolute atomic E-state index is 13.2. The van der Waals surface area contributed by atoms with Crippen molar-refractivity contribution in [1.29, 1.82) is 0 Å². The highest BCUT2D eigenvalue weighted by Gasteiger charge is 2.52. The van der Waals surface area contributed by atoms with Crippen molar-refractivity contribution in [2.45, 2.75) is 18.5 Å². The van der Waals surface area contributed by atoms with Gasteiger partial charge in [-0.15, -0.1) is 11.6 Å². The summed E-state index contributed by atoms with van der Waals surface area (Å²) in [6, 6.07) is 14.5. The first-order chi connectivity index (χ1) is 14.1. The Labute approximate surface area is 173 Å². The molecule has 0 unspecified atom stereocenters. The number of benzene rings is 2. The molecule has 1 fully saturated rings.